The van der Waals surface area contributed by atoms with E-state index in [2.05, 4.69) is 37.3 Å². The van der Waals surface area contributed by atoms with Gasteiger partial charge in [-0.25, -0.2) is 9.78 Å². The van der Waals surface area contributed by atoms with Crippen LogP contribution in [0.2, 0.25) is 0 Å². The van der Waals surface area contributed by atoms with Gasteiger partial charge in [0, 0.05) is 37.4 Å². The van der Waals surface area contributed by atoms with Gasteiger partial charge in [0.25, 0.3) is 0 Å². The second kappa shape index (κ2) is 12.6. The number of nitrogens with zero attached hydrogens (tertiary/aromatic N) is 5. The lowest BCUT2D eigenvalue weighted by atomic mass is 10.3. The number of carboxylic acids is 1. The average molecular weight is 445 g/mol. The van der Waals surface area contributed by atoms with Crippen LogP contribution in [0.5, 0.6) is 0 Å². The van der Waals surface area contributed by atoms with E-state index in [1.165, 1.54) is 18.3 Å². The highest BCUT2D eigenvalue weighted by Crippen LogP contribution is 2.19. The Morgan fingerprint density at radius 1 is 1.13 bits per heavy atom. The van der Waals surface area contributed by atoms with Crippen LogP contribution in [0.25, 0.3) is 11.0 Å². The molecule has 0 radical (unpaired) electrons. The quantitative estimate of drug-likeness (QED) is 0.589. The van der Waals surface area contributed by atoms with E-state index in [-0.39, 0.29) is 0 Å². The van der Waals surface area contributed by atoms with Gasteiger partial charge < -0.3 is 25.0 Å². The summed E-state index contributed by atoms with van der Waals surface area (Å²) in [5.41, 5.74) is 2.79. The van der Waals surface area contributed by atoms with Crippen molar-refractivity contribution in [3.05, 3.63) is 40.6 Å². The fourth-order valence-electron chi connectivity index (χ4n) is 2.91. The molecule has 2 aromatic heterocycles. The molecule has 0 saturated carbocycles. The number of hydrogen-bond donors (Lipinski definition) is 2. The molecule has 4 rings (SSSR count). The first kappa shape index (κ1) is 24.2. The van der Waals surface area contributed by atoms with Crippen molar-refractivity contribution in [1.82, 2.24) is 20.1 Å². The molecule has 2 N–H and O–H groups in total. The van der Waals surface area contributed by atoms with Crippen LogP contribution < -0.4 is 10.2 Å². The van der Waals surface area contributed by atoms with Crippen LogP contribution in [0.15, 0.2) is 35.0 Å². The Hall–Kier alpha value is -3.11. The molecule has 9 nitrogen and oxygen atoms in total. The number of carbonyl (C=O) groups excluding carboxylic acids is 1. The van der Waals surface area contributed by atoms with E-state index in [0.717, 1.165) is 55.9 Å². The fourth-order valence-corrected chi connectivity index (χ4v) is 3.72. The summed E-state index contributed by atoms with van der Waals surface area (Å²) in [7, 11) is 3.86. The SMILES string of the molecule is CC=O.CN1CCCN(c2nnc3ccccc3n2)CC1.CNc1cscc1C(=O)O. The minimum absolute atomic E-state index is 0.340. The predicted molar refractivity (Wildman–Crippen MR) is 124 cm³/mol. The molecule has 3 aromatic rings. The van der Waals surface area contributed by atoms with E-state index < -0.39 is 5.97 Å². The van der Waals surface area contributed by atoms with Gasteiger partial charge in [-0.1, -0.05) is 12.1 Å². The maximum Gasteiger partial charge on any atom is 0.338 e. The summed E-state index contributed by atoms with van der Waals surface area (Å²) in [6, 6.07) is 7.86. The number of nitrogens with one attached hydrogen (secondary N) is 1. The Morgan fingerprint density at radius 2 is 1.84 bits per heavy atom. The van der Waals surface area contributed by atoms with Crippen molar-refractivity contribution in [2.24, 2.45) is 0 Å². The Kier molecular flexibility index (Phi) is 9.79. The van der Waals surface area contributed by atoms with Crippen LogP contribution in [-0.4, -0.2) is 77.7 Å². The molecule has 166 valence electrons. The van der Waals surface area contributed by atoms with E-state index in [0.29, 0.717) is 11.3 Å². The van der Waals surface area contributed by atoms with Gasteiger partial charge in [0.05, 0.1) is 16.8 Å². The molecule has 1 aliphatic heterocycles. The van der Waals surface area contributed by atoms with Gasteiger partial charge >= 0.3 is 5.97 Å². The van der Waals surface area contributed by atoms with Crippen LogP contribution in [-0.2, 0) is 4.79 Å². The number of aldehydes is 1. The van der Waals surface area contributed by atoms with Gasteiger partial charge in [-0.2, -0.15) is 0 Å². The van der Waals surface area contributed by atoms with Crippen molar-refractivity contribution in [3.8, 4) is 0 Å². The Morgan fingerprint density at radius 3 is 2.48 bits per heavy atom. The highest BCUT2D eigenvalue weighted by molar-refractivity contribution is 7.08. The van der Waals surface area contributed by atoms with E-state index in [1.807, 2.05) is 24.3 Å². The molecular formula is C21H28N6O3S. The molecule has 1 aliphatic rings. The van der Waals surface area contributed by atoms with Crippen molar-refractivity contribution < 1.29 is 14.7 Å². The van der Waals surface area contributed by atoms with Gasteiger partial charge in [0.1, 0.15) is 11.8 Å². The summed E-state index contributed by atoms with van der Waals surface area (Å²) in [5.74, 6) is -0.130. The van der Waals surface area contributed by atoms with Gasteiger partial charge in [-0.15, -0.1) is 21.5 Å². The Balaban J connectivity index is 0.000000223. The summed E-state index contributed by atoms with van der Waals surface area (Å²) in [5, 5.41) is 23.2. The normalized spacial score (nSPS) is 13.8. The minimum Gasteiger partial charge on any atom is -0.478 e. The monoisotopic (exact) mass is 444 g/mol. The van der Waals surface area contributed by atoms with E-state index in [9.17, 15) is 4.79 Å². The molecule has 0 bridgehead atoms. The lowest BCUT2D eigenvalue weighted by Gasteiger charge is -2.19. The number of likely N-dealkylation sites (N-methyl/N-ethyl adjacent to an activating group) is 1. The third kappa shape index (κ3) is 7.26. The average Bonchev–Trinajstić information content (AvgIpc) is 3.16. The summed E-state index contributed by atoms with van der Waals surface area (Å²) >= 11 is 1.38. The van der Waals surface area contributed by atoms with Crippen LogP contribution in [0, 0.1) is 0 Å². The lowest BCUT2D eigenvalue weighted by molar-refractivity contribution is -0.106. The smallest absolute Gasteiger partial charge is 0.338 e. The molecule has 0 atom stereocenters. The Bertz CT molecular complexity index is 980. The molecule has 10 heteroatoms. The van der Waals surface area contributed by atoms with Crippen LogP contribution in [0.3, 0.4) is 0 Å². The molecule has 0 unspecified atom stereocenters. The van der Waals surface area contributed by atoms with E-state index in [4.69, 9.17) is 9.90 Å². The third-order valence-electron chi connectivity index (χ3n) is 4.51. The van der Waals surface area contributed by atoms with Gasteiger partial charge in [0.2, 0.25) is 5.95 Å². The lowest BCUT2D eigenvalue weighted by Crippen LogP contribution is -2.30. The summed E-state index contributed by atoms with van der Waals surface area (Å²) in [4.78, 5) is 28.4. The standard InChI is InChI=1S/C13H17N5.C6H7NO2S.C2H4O/c1-17-7-4-8-18(10-9-17)13-14-11-5-2-3-6-12(11)15-16-13;1-7-5-3-10-2-4(5)6(8)9;1-2-3/h2-3,5-6H,4,7-10H2,1H3;2-3,7H,1H3,(H,8,9);2H,1H3. The van der Waals surface area contributed by atoms with Crippen molar-refractivity contribution in [1.29, 1.82) is 0 Å². The van der Waals surface area contributed by atoms with Crippen molar-refractivity contribution in [3.63, 3.8) is 0 Å². The van der Waals surface area contributed by atoms with Crippen molar-refractivity contribution >= 4 is 46.3 Å². The second-order valence-corrected chi connectivity index (χ2v) is 7.48. The number of fused-ring (bicyclic) bond motifs is 1. The van der Waals surface area contributed by atoms with Crippen LogP contribution in [0.4, 0.5) is 11.6 Å². The second-order valence-electron chi connectivity index (χ2n) is 6.73. The van der Waals surface area contributed by atoms with Crippen molar-refractivity contribution in [2.45, 2.75) is 13.3 Å². The number of hydrogen-bond acceptors (Lipinski definition) is 9. The fraction of sp³-hybridized carbons (Fsp3) is 0.381. The number of para-hydroxylation sites is 1. The predicted octanol–water partition coefficient (Wildman–Crippen LogP) is 2.86. The van der Waals surface area contributed by atoms with Gasteiger partial charge in [-0.3, -0.25) is 0 Å². The summed E-state index contributed by atoms with van der Waals surface area (Å²) in [6.45, 7) is 5.61. The highest BCUT2D eigenvalue weighted by atomic mass is 32.1. The van der Waals surface area contributed by atoms with Crippen LogP contribution in [0.1, 0.15) is 23.7 Å². The molecule has 0 spiro atoms. The molecule has 0 aliphatic carbocycles. The van der Waals surface area contributed by atoms with Crippen LogP contribution >= 0.6 is 11.3 Å². The van der Waals surface area contributed by atoms with Gasteiger partial charge in [-0.05, 0) is 39.1 Å². The first-order valence-electron chi connectivity index (χ1n) is 9.90. The molecule has 0 amide bonds. The largest absolute Gasteiger partial charge is 0.478 e. The first-order chi connectivity index (χ1) is 15.0. The topological polar surface area (TPSA) is 112 Å². The number of aromatic nitrogens is 3. The summed E-state index contributed by atoms with van der Waals surface area (Å²) < 4.78 is 0. The van der Waals surface area contributed by atoms with E-state index >= 15 is 0 Å². The maximum atomic E-state index is 10.4. The molecule has 1 saturated heterocycles. The number of aromatic carboxylic acids is 1. The highest BCUT2D eigenvalue weighted by Gasteiger charge is 2.15. The van der Waals surface area contributed by atoms with Gasteiger partial charge in [0.15, 0.2) is 0 Å². The number of carboxylic acid groups (broad SMARTS) is 1. The number of thiophene rings is 1. The zero-order valence-electron chi connectivity index (χ0n) is 18.0. The molecule has 31 heavy (non-hydrogen) atoms. The number of carbonyl (C=O) groups is 2. The Labute approximate surface area is 185 Å². The number of rotatable bonds is 3. The number of anilines is 2. The maximum absolute atomic E-state index is 10.4. The first-order valence-corrected chi connectivity index (χ1v) is 10.8. The zero-order valence-corrected chi connectivity index (χ0v) is 18.8. The third-order valence-corrected chi connectivity index (χ3v) is 5.26. The molecular weight excluding hydrogens is 416 g/mol. The number of benzene rings is 1. The van der Waals surface area contributed by atoms with Crippen molar-refractivity contribution in [2.75, 3.05) is 50.5 Å². The molecule has 1 aromatic carbocycles. The summed E-state index contributed by atoms with van der Waals surface area (Å²) in [6.07, 6.45) is 1.90. The minimum atomic E-state index is -0.884. The zero-order chi connectivity index (χ0) is 22.6. The molecule has 3 heterocycles. The van der Waals surface area contributed by atoms with E-state index in [1.54, 1.807) is 17.8 Å². The molecule has 1 fully saturated rings.